The molecule has 94 valence electrons. The summed E-state index contributed by atoms with van der Waals surface area (Å²) in [6.07, 6.45) is -0.658. The third kappa shape index (κ3) is 3.17. The van der Waals surface area contributed by atoms with Gasteiger partial charge < -0.3 is 15.7 Å². The number of aliphatic hydroxyl groups excluding tert-OH is 1. The van der Waals surface area contributed by atoms with Crippen LogP contribution >= 0.6 is 0 Å². The highest BCUT2D eigenvalue weighted by atomic mass is 19.1. The van der Waals surface area contributed by atoms with Gasteiger partial charge in [-0.2, -0.15) is 0 Å². The summed E-state index contributed by atoms with van der Waals surface area (Å²) in [5.41, 5.74) is 6.19. The summed E-state index contributed by atoms with van der Waals surface area (Å²) in [4.78, 5) is 13.2. The van der Waals surface area contributed by atoms with Crippen LogP contribution in [0.3, 0.4) is 0 Å². The number of aliphatic hydroxyl groups is 1. The zero-order valence-corrected chi connectivity index (χ0v) is 10.2. The summed E-state index contributed by atoms with van der Waals surface area (Å²) in [6, 6.07) is 2.78. The average Bonchev–Trinajstić information content (AvgIpc) is 2.21. The van der Waals surface area contributed by atoms with Crippen molar-refractivity contribution in [2.24, 2.45) is 0 Å². The van der Waals surface area contributed by atoms with Gasteiger partial charge in [0.05, 0.1) is 11.7 Å². The Kier molecular flexibility index (Phi) is 4.07. The molecule has 1 unspecified atom stereocenters. The van der Waals surface area contributed by atoms with Gasteiger partial charge in [0.2, 0.25) is 0 Å². The third-order valence-electron chi connectivity index (χ3n) is 2.39. The largest absolute Gasteiger partial charge is 0.399 e. The molecule has 0 fully saturated rings. The molecule has 0 saturated heterocycles. The molecule has 1 aromatic rings. The predicted octanol–water partition coefficient (Wildman–Crippen LogP) is 1.17. The van der Waals surface area contributed by atoms with E-state index in [0.29, 0.717) is 11.3 Å². The number of aryl methyl sites for hydroxylation is 1. The van der Waals surface area contributed by atoms with Crippen molar-refractivity contribution in [3.8, 4) is 0 Å². The topological polar surface area (TPSA) is 66.6 Å². The van der Waals surface area contributed by atoms with Crippen molar-refractivity contribution >= 4 is 11.6 Å². The lowest BCUT2D eigenvalue weighted by Crippen LogP contribution is -2.33. The number of halogens is 1. The van der Waals surface area contributed by atoms with Crippen LogP contribution in [0.4, 0.5) is 10.1 Å². The quantitative estimate of drug-likeness (QED) is 0.779. The first-order chi connectivity index (χ1) is 7.82. The van der Waals surface area contributed by atoms with Crippen LogP contribution in [0, 0.1) is 12.7 Å². The van der Waals surface area contributed by atoms with Gasteiger partial charge in [0.25, 0.3) is 5.91 Å². The van der Waals surface area contributed by atoms with E-state index in [-0.39, 0.29) is 12.1 Å². The molecule has 1 aromatic carbocycles. The van der Waals surface area contributed by atoms with Crippen LogP contribution in [0.2, 0.25) is 0 Å². The maximum Gasteiger partial charge on any atom is 0.256 e. The van der Waals surface area contributed by atoms with Crippen LogP contribution in [0.1, 0.15) is 22.8 Å². The smallest absolute Gasteiger partial charge is 0.256 e. The van der Waals surface area contributed by atoms with Gasteiger partial charge in [-0.05, 0) is 31.5 Å². The molecule has 0 radical (unpaired) electrons. The summed E-state index contributed by atoms with van der Waals surface area (Å²) in [5, 5.41) is 9.18. The molecular formula is C12H17FN2O2. The van der Waals surface area contributed by atoms with Crippen molar-refractivity contribution in [2.75, 3.05) is 19.3 Å². The molecule has 0 aromatic heterocycles. The van der Waals surface area contributed by atoms with Gasteiger partial charge in [-0.25, -0.2) is 4.39 Å². The number of benzene rings is 1. The molecule has 0 heterocycles. The minimum atomic E-state index is -0.658. The van der Waals surface area contributed by atoms with Gasteiger partial charge in [0, 0.05) is 19.3 Å². The summed E-state index contributed by atoms with van der Waals surface area (Å²) >= 11 is 0. The van der Waals surface area contributed by atoms with Crippen molar-refractivity contribution in [1.29, 1.82) is 0 Å². The zero-order chi connectivity index (χ0) is 13.2. The Morgan fingerprint density at radius 2 is 2.18 bits per heavy atom. The number of likely N-dealkylation sites (N-methyl/N-ethyl adjacent to an activating group) is 1. The highest BCUT2D eigenvalue weighted by molar-refractivity contribution is 5.95. The number of carbonyl (C=O) groups is 1. The standard InChI is InChI=1S/C12H17FN2O2/c1-7-4-9(14)5-10(11(7)13)12(17)15(3)6-8(2)16/h4-5,8,16H,6,14H2,1-3H3. The lowest BCUT2D eigenvalue weighted by Gasteiger charge is -2.19. The number of hydrogen-bond acceptors (Lipinski definition) is 3. The first kappa shape index (κ1) is 13.4. The zero-order valence-electron chi connectivity index (χ0n) is 10.2. The maximum atomic E-state index is 13.8. The van der Waals surface area contributed by atoms with Crippen molar-refractivity contribution < 1.29 is 14.3 Å². The Balaban J connectivity index is 3.04. The molecule has 3 N–H and O–H groups in total. The number of nitrogen functional groups attached to an aromatic ring is 1. The highest BCUT2D eigenvalue weighted by Gasteiger charge is 2.19. The Morgan fingerprint density at radius 1 is 1.59 bits per heavy atom. The van der Waals surface area contributed by atoms with E-state index in [0.717, 1.165) is 0 Å². The summed E-state index contributed by atoms with van der Waals surface area (Å²) in [6.45, 7) is 3.26. The maximum absolute atomic E-state index is 13.8. The van der Waals surface area contributed by atoms with Gasteiger partial charge in [-0.15, -0.1) is 0 Å². The average molecular weight is 240 g/mol. The van der Waals surface area contributed by atoms with E-state index in [1.807, 2.05) is 0 Å². The SMILES string of the molecule is Cc1cc(N)cc(C(=O)N(C)CC(C)O)c1F. The number of amides is 1. The molecule has 1 atom stereocenters. The molecular weight excluding hydrogens is 223 g/mol. The van der Waals surface area contributed by atoms with Crippen molar-refractivity contribution in [1.82, 2.24) is 4.90 Å². The van der Waals surface area contributed by atoms with Gasteiger partial charge in [-0.3, -0.25) is 4.79 Å². The highest BCUT2D eigenvalue weighted by Crippen LogP contribution is 2.18. The van der Waals surface area contributed by atoms with Crippen LogP contribution in [-0.2, 0) is 0 Å². The molecule has 1 amide bonds. The Bertz CT molecular complexity index is 433. The van der Waals surface area contributed by atoms with Crippen LogP contribution < -0.4 is 5.73 Å². The Labute approximate surface area is 99.8 Å². The summed E-state index contributed by atoms with van der Waals surface area (Å²) in [5.74, 6) is -1.06. The molecule has 0 saturated carbocycles. The van der Waals surface area contributed by atoms with E-state index in [2.05, 4.69) is 0 Å². The van der Waals surface area contributed by atoms with Crippen molar-refractivity contribution in [3.05, 3.63) is 29.1 Å². The van der Waals surface area contributed by atoms with Gasteiger partial charge in [-0.1, -0.05) is 0 Å². The Morgan fingerprint density at radius 3 is 2.71 bits per heavy atom. The van der Waals surface area contributed by atoms with Gasteiger partial charge in [0.1, 0.15) is 5.82 Å². The van der Waals surface area contributed by atoms with Crippen LogP contribution in [0.5, 0.6) is 0 Å². The van der Waals surface area contributed by atoms with E-state index >= 15 is 0 Å². The minimum absolute atomic E-state index is 0.0642. The first-order valence-corrected chi connectivity index (χ1v) is 5.32. The first-order valence-electron chi connectivity index (χ1n) is 5.32. The molecule has 0 bridgehead atoms. The Hall–Kier alpha value is -1.62. The van der Waals surface area contributed by atoms with Crippen LogP contribution in [-0.4, -0.2) is 35.6 Å². The summed E-state index contributed by atoms with van der Waals surface area (Å²) in [7, 11) is 1.51. The lowest BCUT2D eigenvalue weighted by atomic mass is 10.1. The van der Waals surface area contributed by atoms with E-state index in [4.69, 9.17) is 5.73 Å². The van der Waals surface area contributed by atoms with Gasteiger partial charge in [0.15, 0.2) is 0 Å². The molecule has 0 aliphatic carbocycles. The molecule has 17 heavy (non-hydrogen) atoms. The van der Waals surface area contributed by atoms with E-state index < -0.39 is 17.8 Å². The second-order valence-corrected chi connectivity index (χ2v) is 4.23. The molecule has 0 spiro atoms. The molecule has 4 nitrogen and oxygen atoms in total. The van der Waals surface area contributed by atoms with E-state index in [9.17, 15) is 14.3 Å². The monoisotopic (exact) mass is 240 g/mol. The molecule has 1 rings (SSSR count). The fourth-order valence-corrected chi connectivity index (χ4v) is 1.64. The number of carbonyl (C=O) groups excluding carboxylic acids is 1. The van der Waals surface area contributed by atoms with Crippen molar-refractivity contribution in [2.45, 2.75) is 20.0 Å². The van der Waals surface area contributed by atoms with Crippen molar-refractivity contribution in [3.63, 3.8) is 0 Å². The molecule has 5 heteroatoms. The minimum Gasteiger partial charge on any atom is -0.399 e. The second-order valence-electron chi connectivity index (χ2n) is 4.23. The second kappa shape index (κ2) is 5.14. The number of nitrogens with zero attached hydrogens (tertiary/aromatic N) is 1. The lowest BCUT2D eigenvalue weighted by molar-refractivity contribution is 0.0699. The fourth-order valence-electron chi connectivity index (χ4n) is 1.64. The van der Waals surface area contributed by atoms with Crippen LogP contribution in [0.15, 0.2) is 12.1 Å². The third-order valence-corrected chi connectivity index (χ3v) is 2.39. The van der Waals surface area contributed by atoms with Crippen LogP contribution in [0.25, 0.3) is 0 Å². The normalized spacial score (nSPS) is 12.3. The number of nitrogens with two attached hydrogens (primary N) is 1. The molecule has 0 aliphatic rings. The fraction of sp³-hybridized carbons (Fsp3) is 0.417. The van der Waals surface area contributed by atoms with E-state index in [1.54, 1.807) is 13.8 Å². The number of hydrogen-bond donors (Lipinski definition) is 2. The summed E-state index contributed by atoms with van der Waals surface area (Å²) < 4.78 is 13.8. The predicted molar refractivity (Wildman–Crippen MR) is 64.2 cm³/mol. The molecule has 0 aliphatic heterocycles. The van der Waals surface area contributed by atoms with Gasteiger partial charge >= 0.3 is 0 Å². The van der Waals surface area contributed by atoms with E-state index in [1.165, 1.54) is 24.1 Å². The number of rotatable bonds is 3. The number of anilines is 1.